The minimum absolute atomic E-state index is 0.0211. The Morgan fingerprint density at radius 3 is 2.52 bits per heavy atom. The van der Waals surface area contributed by atoms with Crippen molar-refractivity contribution in [2.75, 3.05) is 11.9 Å². The topological polar surface area (TPSA) is 67.4 Å². The molecule has 21 heavy (non-hydrogen) atoms. The van der Waals surface area contributed by atoms with Crippen molar-refractivity contribution in [2.24, 2.45) is 0 Å². The lowest BCUT2D eigenvalue weighted by Crippen LogP contribution is -2.43. The van der Waals surface area contributed by atoms with Crippen molar-refractivity contribution in [2.45, 2.75) is 45.3 Å². The Balaban J connectivity index is 1.92. The minimum atomic E-state index is -0.350. The Labute approximate surface area is 125 Å². The minimum Gasteiger partial charge on any atom is -0.459 e. The number of amides is 1. The Bertz CT molecular complexity index is 491. The van der Waals surface area contributed by atoms with Gasteiger partial charge in [-0.15, -0.1) is 0 Å². The molecule has 0 bridgehead atoms. The maximum absolute atomic E-state index is 12.1. The third kappa shape index (κ3) is 4.56. The second-order valence-corrected chi connectivity index (χ2v) is 5.52. The quantitative estimate of drug-likeness (QED) is 0.835. The summed E-state index contributed by atoms with van der Waals surface area (Å²) in [7, 11) is 0. The lowest BCUT2D eigenvalue weighted by atomic mass is 10.0. The SMILES string of the molecule is CC(C)OC(=O)c1ccc(NC(=O)C2CCCCN2)cc1. The number of rotatable bonds is 4. The molecule has 0 saturated carbocycles. The second-order valence-electron chi connectivity index (χ2n) is 5.52. The van der Waals surface area contributed by atoms with Gasteiger partial charge in [0.15, 0.2) is 0 Å². The molecule has 1 amide bonds. The van der Waals surface area contributed by atoms with Crippen molar-refractivity contribution in [3.05, 3.63) is 29.8 Å². The monoisotopic (exact) mass is 290 g/mol. The molecule has 1 heterocycles. The maximum Gasteiger partial charge on any atom is 0.338 e. The zero-order chi connectivity index (χ0) is 15.2. The van der Waals surface area contributed by atoms with Crippen molar-refractivity contribution in [3.8, 4) is 0 Å². The van der Waals surface area contributed by atoms with Crippen molar-refractivity contribution in [1.29, 1.82) is 0 Å². The van der Waals surface area contributed by atoms with Crippen LogP contribution >= 0.6 is 0 Å². The summed E-state index contributed by atoms with van der Waals surface area (Å²) in [6.45, 7) is 4.51. The fourth-order valence-corrected chi connectivity index (χ4v) is 2.28. The Hall–Kier alpha value is -1.88. The highest BCUT2D eigenvalue weighted by Gasteiger charge is 2.20. The van der Waals surface area contributed by atoms with Crippen LogP contribution in [0.5, 0.6) is 0 Å². The molecule has 0 aliphatic carbocycles. The van der Waals surface area contributed by atoms with Gasteiger partial charge in [-0.3, -0.25) is 4.79 Å². The van der Waals surface area contributed by atoms with Crippen LogP contribution in [0.3, 0.4) is 0 Å². The normalized spacial score (nSPS) is 18.3. The number of hydrogen-bond acceptors (Lipinski definition) is 4. The van der Waals surface area contributed by atoms with Crippen molar-refractivity contribution >= 4 is 17.6 Å². The smallest absolute Gasteiger partial charge is 0.338 e. The molecule has 5 nitrogen and oxygen atoms in total. The summed E-state index contributed by atoms with van der Waals surface area (Å²) in [6.07, 6.45) is 2.92. The fourth-order valence-electron chi connectivity index (χ4n) is 2.28. The molecule has 1 saturated heterocycles. The van der Waals surface area contributed by atoms with Gasteiger partial charge in [0.1, 0.15) is 0 Å². The molecule has 5 heteroatoms. The van der Waals surface area contributed by atoms with Gasteiger partial charge < -0.3 is 15.4 Å². The molecule has 1 aromatic carbocycles. The van der Waals surface area contributed by atoms with Crippen LogP contribution in [0, 0.1) is 0 Å². The molecule has 0 radical (unpaired) electrons. The third-order valence-electron chi connectivity index (χ3n) is 3.36. The summed E-state index contributed by atoms with van der Waals surface area (Å²) in [5, 5.41) is 6.07. The van der Waals surface area contributed by atoms with Crippen LogP contribution in [0.1, 0.15) is 43.5 Å². The van der Waals surface area contributed by atoms with Gasteiger partial charge in [0.25, 0.3) is 0 Å². The van der Waals surface area contributed by atoms with Gasteiger partial charge in [0.2, 0.25) is 5.91 Å². The lowest BCUT2D eigenvalue weighted by molar-refractivity contribution is -0.118. The molecular weight excluding hydrogens is 268 g/mol. The molecule has 1 aliphatic heterocycles. The van der Waals surface area contributed by atoms with E-state index in [0.717, 1.165) is 25.8 Å². The number of benzene rings is 1. The van der Waals surface area contributed by atoms with Crippen LogP contribution in [0.2, 0.25) is 0 Å². The number of anilines is 1. The molecule has 0 spiro atoms. The highest BCUT2D eigenvalue weighted by molar-refractivity contribution is 5.95. The molecule has 1 unspecified atom stereocenters. The fraction of sp³-hybridized carbons (Fsp3) is 0.500. The second kappa shape index (κ2) is 7.22. The average molecular weight is 290 g/mol. The van der Waals surface area contributed by atoms with E-state index in [0.29, 0.717) is 11.3 Å². The van der Waals surface area contributed by atoms with Crippen LogP contribution in [0.15, 0.2) is 24.3 Å². The van der Waals surface area contributed by atoms with E-state index in [4.69, 9.17) is 4.74 Å². The average Bonchev–Trinajstić information content (AvgIpc) is 2.48. The van der Waals surface area contributed by atoms with Crippen molar-refractivity contribution in [1.82, 2.24) is 5.32 Å². The van der Waals surface area contributed by atoms with Crippen LogP contribution in [-0.2, 0) is 9.53 Å². The first-order valence-corrected chi connectivity index (χ1v) is 7.41. The van der Waals surface area contributed by atoms with E-state index in [1.165, 1.54) is 0 Å². The maximum atomic E-state index is 12.1. The van der Waals surface area contributed by atoms with E-state index >= 15 is 0 Å². The molecule has 1 fully saturated rings. The molecule has 1 aromatic rings. The van der Waals surface area contributed by atoms with Crippen LogP contribution in [0.25, 0.3) is 0 Å². The zero-order valence-corrected chi connectivity index (χ0v) is 12.5. The standard InChI is InChI=1S/C16H22N2O3/c1-11(2)21-16(20)12-6-8-13(9-7-12)18-15(19)14-5-3-4-10-17-14/h6-9,11,14,17H,3-5,10H2,1-2H3,(H,18,19). The first-order valence-electron chi connectivity index (χ1n) is 7.41. The van der Waals surface area contributed by atoms with Crippen LogP contribution < -0.4 is 10.6 Å². The van der Waals surface area contributed by atoms with E-state index in [-0.39, 0.29) is 24.0 Å². The number of ether oxygens (including phenoxy) is 1. The van der Waals surface area contributed by atoms with Crippen molar-refractivity contribution < 1.29 is 14.3 Å². The predicted octanol–water partition coefficient (Wildman–Crippen LogP) is 2.33. The van der Waals surface area contributed by atoms with E-state index < -0.39 is 0 Å². The molecular formula is C16H22N2O3. The van der Waals surface area contributed by atoms with Gasteiger partial charge >= 0.3 is 5.97 Å². The number of carbonyl (C=O) groups excluding carboxylic acids is 2. The Morgan fingerprint density at radius 1 is 1.24 bits per heavy atom. The summed E-state index contributed by atoms with van der Waals surface area (Å²) < 4.78 is 5.12. The number of carbonyl (C=O) groups is 2. The number of nitrogens with one attached hydrogen (secondary N) is 2. The first-order chi connectivity index (χ1) is 10.1. The van der Waals surface area contributed by atoms with Gasteiger partial charge in [-0.05, 0) is 57.5 Å². The summed E-state index contributed by atoms with van der Waals surface area (Å²) in [6, 6.07) is 6.64. The van der Waals surface area contributed by atoms with E-state index in [1.54, 1.807) is 24.3 Å². The highest BCUT2D eigenvalue weighted by atomic mass is 16.5. The van der Waals surface area contributed by atoms with Gasteiger partial charge in [0, 0.05) is 5.69 Å². The Morgan fingerprint density at radius 2 is 1.95 bits per heavy atom. The molecule has 2 N–H and O–H groups in total. The highest BCUT2D eigenvalue weighted by Crippen LogP contribution is 2.14. The predicted molar refractivity (Wildman–Crippen MR) is 81.3 cm³/mol. The molecule has 1 atom stereocenters. The summed E-state index contributed by atoms with van der Waals surface area (Å²) in [5.74, 6) is -0.371. The first kappa shape index (κ1) is 15.5. The lowest BCUT2D eigenvalue weighted by Gasteiger charge is -2.22. The van der Waals surface area contributed by atoms with Crippen molar-refractivity contribution in [3.63, 3.8) is 0 Å². The molecule has 114 valence electrons. The third-order valence-corrected chi connectivity index (χ3v) is 3.36. The van der Waals surface area contributed by atoms with Gasteiger partial charge in [-0.1, -0.05) is 6.42 Å². The number of hydrogen-bond donors (Lipinski definition) is 2. The van der Waals surface area contributed by atoms with Gasteiger partial charge in [-0.25, -0.2) is 4.79 Å². The van der Waals surface area contributed by atoms with E-state index in [9.17, 15) is 9.59 Å². The molecule has 0 aromatic heterocycles. The number of esters is 1. The number of piperidine rings is 1. The summed E-state index contributed by atoms with van der Waals surface area (Å²) in [5.41, 5.74) is 1.17. The largest absolute Gasteiger partial charge is 0.459 e. The Kier molecular flexibility index (Phi) is 5.33. The molecule has 1 aliphatic rings. The van der Waals surface area contributed by atoms with Crippen LogP contribution in [-0.4, -0.2) is 30.6 Å². The van der Waals surface area contributed by atoms with E-state index in [1.807, 2.05) is 13.8 Å². The van der Waals surface area contributed by atoms with Gasteiger partial charge in [0.05, 0.1) is 17.7 Å². The molecule has 2 rings (SSSR count). The van der Waals surface area contributed by atoms with E-state index in [2.05, 4.69) is 10.6 Å². The van der Waals surface area contributed by atoms with Crippen LogP contribution in [0.4, 0.5) is 5.69 Å². The zero-order valence-electron chi connectivity index (χ0n) is 12.5. The summed E-state index contributed by atoms with van der Waals surface area (Å²) >= 11 is 0. The van der Waals surface area contributed by atoms with Gasteiger partial charge in [-0.2, -0.15) is 0 Å². The summed E-state index contributed by atoms with van der Waals surface area (Å²) in [4.78, 5) is 23.8.